The fourth-order valence-electron chi connectivity index (χ4n) is 2.84. The molecule has 8 heteroatoms. The van der Waals surface area contributed by atoms with Gasteiger partial charge < -0.3 is 15.2 Å². The molecule has 7 nitrogen and oxygen atoms in total. The van der Waals surface area contributed by atoms with Gasteiger partial charge in [-0.1, -0.05) is 46.0 Å². The first-order valence-corrected chi connectivity index (χ1v) is 10.2. The molecule has 1 saturated heterocycles. The van der Waals surface area contributed by atoms with E-state index >= 15 is 0 Å². The molecule has 0 aliphatic carbocycles. The van der Waals surface area contributed by atoms with Gasteiger partial charge in [0, 0.05) is 12.0 Å². The summed E-state index contributed by atoms with van der Waals surface area (Å²) < 4.78 is 7.49. The predicted octanol–water partition coefficient (Wildman–Crippen LogP) is 2.44. The van der Waals surface area contributed by atoms with Crippen LogP contribution in [0.1, 0.15) is 58.9 Å². The zero-order valence-corrected chi connectivity index (χ0v) is 17.3. The van der Waals surface area contributed by atoms with Gasteiger partial charge in [-0.25, -0.2) is 9.48 Å². The van der Waals surface area contributed by atoms with Crippen LogP contribution in [0, 0.1) is 5.92 Å². The van der Waals surface area contributed by atoms with E-state index in [-0.39, 0.29) is 24.2 Å². The number of ether oxygens (including phenoxy) is 1. The highest BCUT2D eigenvalue weighted by molar-refractivity contribution is 7.09. The highest BCUT2D eigenvalue weighted by Gasteiger charge is 2.23. The number of nitrogens with zero attached hydrogens (tertiary/aromatic N) is 3. The summed E-state index contributed by atoms with van der Waals surface area (Å²) in [6, 6.07) is -0.720. The van der Waals surface area contributed by atoms with Gasteiger partial charge in [0.25, 0.3) is 0 Å². The molecule has 1 aliphatic rings. The normalized spacial score (nSPS) is 20.0. The van der Waals surface area contributed by atoms with E-state index in [1.807, 2.05) is 0 Å². The van der Waals surface area contributed by atoms with E-state index in [0.29, 0.717) is 23.7 Å². The zero-order valence-electron chi connectivity index (χ0n) is 16.5. The second-order valence-electron chi connectivity index (χ2n) is 8.33. The van der Waals surface area contributed by atoms with E-state index in [1.165, 1.54) is 11.3 Å². The average Bonchev–Trinajstić information content (AvgIpc) is 3.16. The lowest BCUT2D eigenvalue weighted by Crippen LogP contribution is -2.38. The molecule has 2 N–H and O–H groups in total. The SMILES string of the molecule is CC(C)CC(CO)NC(=O)/N=c1\sc(C(C)(C)C)nn1C[C@H]1CCCO1. The highest BCUT2D eigenvalue weighted by atomic mass is 32.1. The average molecular weight is 385 g/mol. The van der Waals surface area contributed by atoms with Gasteiger partial charge in [0.1, 0.15) is 5.01 Å². The number of carbonyl (C=O) groups excluding carboxylic acids is 1. The van der Waals surface area contributed by atoms with Gasteiger partial charge in [-0.15, -0.1) is 0 Å². The molecule has 0 bridgehead atoms. The number of rotatable bonds is 6. The molecular weight excluding hydrogens is 352 g/mol. The molecule has 2 amide bonds. The third-order valence-corrected chi connectivity index (χ3v) is 5.54. The van der Waals surface area contributed by atoms with Crippen LogP contribution in [0.4, 0.5) is 4.79 Å². The quantitative estimate of drug-likeness (QED) is 0.788. The second-order valence-corrected chi connectivity index (χ2v) is 9.28. The largest absolute Gasteiger partial charge is 0.394 e. The van der Waals surface area contributed by atoms with Crippen molar-refractivity contribution < 1.29 is 14.6 Å². The van der Waals surface area contributed by atoms with Crippen LogP contribution in [0.5, 0.6) is 0 Å². The van der Waals surface area contributed by atoms with Crippen molar-refractivity contribution in [2.45, 2.75) is 78.0 Å². The van der Waals surface area contributed by atoms with Crippen molar-refractivity contribution in [3.05, 3.63) is 9.81 Å². The van der Waals surface area contributed by atoms with Crippen LogP contribution in [0.3, 0.4) is 0 Å². The van der Waals surface area contributed by atoms with Crippen molar-refractivity contribution in [3.63, 3.8) is 0 Å². The lowest BCUT2D eigenvalue weighted by molar-refractivity contribution is 0.0928. The van der Waals surface area contributed by atoms with E-state index < -0.39 is 6.03 Å². The minimum atomic E-state index is -0.435. The molecule has 26 heavy (non-hydrogen) atoms. The van der Waals surface area contributed by atoms with Crippen molar-refractivity contribution in [2.75, 3.05) is 13.2 Å². The van der Waals surface area contributed by atoms with Crippen LogP contribution in [0.25, 0.3) is 0 Å². The molecule has 0 saturated carbocycles. The Morgan fingerprint density at radius 1 is 1.50 bits per heavy atom. The fraction of sp³-hybridized carbons (Fsp3) is 0.833. The lowest BCUT2D eigenvalue weighted by Gasteiger charge is -2.16. The van der Waals surface area contributed by atoms with Gasteiger partial charge in [-0.05, 0) is 25.2 Å². The number of carbonyl (C=O) groups is 1. The van der Waals surface area contributed by atoms with Crippen molar-refractivity contribution in [1.29, 1.82) is 0 Å². The first kappa shape index (κ1) is 21.1. The molecule has 0 radical (unpaired) electrons. The maximum atomic E-state index is 12.4. The van der Waals surface area contributed by atoms with Gasteiger partial charge in [-0.2, -0.15) is 10.1 Å². The standard InChI is InChI=1S/C18H32N4O3S/c1-12(2)9-13(11-23)19-16(24)20-17-22(10-14-7-6-8-25-14)21-15(26-17)18(3,4)5/h12-14,23H,6-11H2,1-5H3,(H,19,24)/b20-17-/t13?,14-/m1/s1. The van der Waals surface area contributed by atoms with Gasteiger partial charge >= 0.3 is 6.03 Å². The van der Waals surface area contributed by atoms with Crippen LogP contribution in [-0.2, 0) is 16.7 Å². The van der Waals surface area contributed by atoms with Crippen molar-refractivity contribution in [3.8, 4) is 0 Å². The Morgan fingerprint density at radius 3 is 2.77 bits per heavy atom. The topological polar surface area (TPSA) is 88.7 Å². The minimum Gasteiger partial charge on any atom is -0.394 e. The van der Waals surface area contributed by atoms with E-state index in [9.17, 15) is 9.90 Å². The summed E-state index contributed by atoms with van der Waals surface area (Å²) in [5, 5.41) is 17.9. The maximum Gasteiger partial charge on any atom is 0.343 e. The Morgan fingerprint density at radius 2 is 2.23 bits per heavy atom. The van der Waals surface area contributed by atoms with Gasteiger partial charge in [0.05, 0.1) is 25.3 Å². The second kappa shape index (κ2) is 9.10. The zero-order chi connectivity index (χ0) is 19.3. The Hall–Kier alpha value is -1.25. The molecule has 0 aromatic carbocycles. The van der Waals surface area contributed by atoms with Gasteiger partial charge in [0.15, 0.2) is 0 Å². The van der Waals surface area contributed by atoms with Crippen LogP contribution in [-0.4, -0.2) is 46.3 Å². The highest BCUT2D eigenvalue weighted by Crippen LogP contribution is 2.22. The summed E-state index contributed by atoms with van der Waals surface area (Å²) in [4.78, 5) is 17.2. The van der Waals surface area contributed by atoms with Gasteiger partial charge in [-0.3, -0.25) is 0 Å². The van der Waals surface area contributed by atoms with Crippen LogP contribution >= 0.6 is 11.3 Å². The lowest BCUT2D eigenvalue weighted by atomic mass is 9.98. The molecule has 1 aromatic rings. The molecule has 148 valence electrons. The van der Waals surface area contributed by atoms with E-state index in [1.54, 1.807) is 4.68 Å². The summed E-state index contributed by atoms with van der Waals surface area (Å²) in [5.41, 5.74) is -0.113. The van der Waals surface area contributed by atoms with E-state index in [2.05, 4.69) is 50.0 Å². The summed E-state index contributed by atoms with van der Waals surface area (Å²) >= 11 is 1.43. The molecule has 2 rings (SSSR count). The molecule has 0 spiro atoms. The number of nitrogens with one attached hydrogen (secondary N) is 1. The third kappa shape index (κ3) is 6.17. The predicted molar refractivity (Wildman–Crippen MR) is 102 cm³/mol. The summed E-state index contributed by atoms with van der Waals surface area (Å²) in [5.74, 6) is 0.382. The number of amides is 2. The first-order valence-electron chi connectivity index (χ1n) is 9.35. The summed E-state index contributed by atoms with van der Waals surface area (Å²) in [6.45, 7) is 11.7. The van der Waals surface area contributed by atoms with Crippen molar-refractivity contribution >= 4 is 17.4 Å². The van der Waals surface area contributed by atoms with E-state index in [0.717, 1.165) is 24.5 Å². The Bertz CT molecular complexity index is 654. The van der Waals surface area contributed by atoms with Gasteiger partial charge in [0.2, 0.25) is 4.80 Å². The van der Waals surface area contributed by atoms with Crippen molar-refractivity contribution in [2.24, 2.45) is 10.9 Å². The van der Waals surface area contributed by atoms with E-state index in [4.69, 9.17) is 4.74 Å². The maximum absolute atomic E-state index is 12.4. The Labute approximate surface area is 159 Å². The molecule has 2 heterocycles. The third-order valence-electron chi connectivity index (χ3n) is 4.16. The Balaban J connectivity index is 2.22. The first-order chi connectivity index (χ1) is 12.2. The number of hydrogen-bond donors (Lipinski definition) is 2. The molecular formula is C18H32N4O3S. The monoisotopic (exact) mass is 384 g/mol. The van der Waals surface area contributed by atoms with Crippen molar-refractivity contribution in [1.82, 2.24) is 15.1 Å². The molecule has 1 unspecified atom stereocenters. The number of urea groups is 1. The van der Waals surface area contributed by atoms with Crippen LogP contribution in [0.2, 0.25) is 0 Å². The summed E-state index contributed by atoms with van der Waals surface area (Å²) in [7, 11) is 0. The summed E-state index contributed by atoms with van der Waals surface area (Å²) in [6.07, 6.45) is 2.89. The van der Waals surface area contributed by atoms with Crippen LogP contribution < -0.4 is 10.1 Å². The molecule has 1 aromatic heterocycles. The number of hydrogen-bond acceptors (Lipinski definition) is 5. The van der Waals surface area contributed by atoms with Crippen LogP contribution in [0.15, 0.2) is 4.99 Å². The molecule has 2 atom stereocenters. The molecule has 1 aliphatic heterocycles. The number of aliphatic hydroxyl groups excluding tert-OH is 1. The number of aliphatic hydroxyl groups is 1. The number of aromatic nitrogens is 2. The smallest absolute Gasteiger partial charge is 0.343 e. The fourth-order valence-corrected chi connectivity index (χ4v) is 3.81. The Kier molecular flexibility index (Phi) is 7.37. The minimum absolute atomic E-state index is 0.0920. The molecule has 1 fully saturated rings.